The van der Waals surface area contributed by atoms with Crippen LogP contribution >= 0.6 is 11.3 Å². The molecule has 2 heterocycles. The molecule has 4 rings (SSSR count). The van der Waals surface area contributed by atoms with E-state index in [1.807, 2.05) is 48.7 Å². The van der Waals surface area contributed by atoms with Crippen LogP contribution in [0.2, 0.25) is 0 Å². The second-order valence-corrected chi connectivity index (χ2v) is 7.79. The van der Waals surface area contributed by atoms with Crippen LogP contribution in [-0.2, 0) is 0 Å². The van der Waals surface area contributed by atoms with Gasteiger partial charge in [0.1, 0.15) is 28.8 Å². The zero-order chi connectivity index (χ0) is 21.8. The predicted octanol–water partition coefficient (Wildman–Crippen LogP) is 4.72. The lowest BCUT2D eigenvalue weighted by Crippen LogP contribution is -2.28. The molecule has 0 spiro atoms. The number of imidazole rings is 1. The van der Waals surface area contributed by atoms with Crippen LogP contribution in [0.15, 0.2) is 54.7 Å². The Bertz CT molecular complexity index is 1180. The first kappa shape index (κ1) is 20.9. The minimum atomic E-state index is -0.286. The summed E-state index contributed by atoms with van der Waals surface area (Å²) in [6.07, 6.45) is 1.86. The second kappa shape index (κ2) is 9.18. The number of halogens is 1. The number of carbonyl (C=O) groups excluding carboxylic acids is 1. The number of carbonyl (C=O) groups is 1. The maximum absolute atomic E-state index is 13.1. The normalized spacial score (nSPS) is 10.9. The van der Waals surface area contributed by atoms with E-state index in [9.17, 15) is 9.18 Å². The van der Waals surface area contributed by atoms with Crippen molar-refractivity contribution in [2.75, 3.05) is 19.8 Å². The molecule has 0 unspecified atom stereocenters. The van der Waals surface area contributed by atoms with Crippen LogP contribution in [0.4, 0.5) is 4.39 Å². The van der Waals surface area contributed by atoms with Gasteiger partial charge in [0.15, 0.2) is 4.96 Å². The van der Waals surface area contributed by atoms with Gasteiger partial charge in [-0.3, -0.25) is 9.20 Å². The third-order valence-electron chi connectivity index (χ3n) is 4.69. The Morgan fingerprint density at radius 2 is 1.77 bits per heavy atom. The maximum atomic E-state index is 13.1. The number of nitrogens with zero attached hydrogens (tertiary/aromatic N) is 2. The van der Waals surface area contributed by atoms with E-state index < -0.39 is 0 Å². The molecule has 2 aromatic carbocycles. The third-order valence-corrected chi connectivity index (χ3v) is 5.85. The Kier molecular flexibility index (Phi) is 6.18. The predicted molar refractivity (Wildman–Crippen MR) is 119 cm³/mol. The fraction of sp³-hybridized carbons (Fsp3) is 0.217. The minimum Gasteiger partial charge on any atom is -0.494 e. The largest absolute Gasteiger partial charge is 0.494 e. The summed E-state index contributed by atoms with van der Waals surface area (Å²) in [5.41, 5.74) is 2.38. The van der Waals surface area contributed by atoms with Crippen LogP contribution < -0.4 is 14.8 Å². The van der Waals surface area contributed by atoms with Gasteiger partial charge in [-0.25, -0.2) is 9.37 Å². The summed E-state index contributed by atoms with van der Waals surface area (Å²) in [6, 6.07) is 13.6. The van der Waals surface area contributed by atoms with E-state index in [1.165, 1.54) is 23.5 Å². The number of thiazole rings is 1. The first-order valence-corrected chi connectivity index (χ1v) is 10.7. The highest BCUT2D eigenvalue weighted by Gasteiger charge is 2.18. The highest BCUT2D eigenvalue weighted by molar-refractivity contribution is 7.19. The molecule has 8 heteroatoms. The van der Waals surface area contributed by atoms with Crippen molar-refractivity contribution in [1.82, 2.24) is 14.7 Å². The monoisotopic (exact) mass is 439 g/mol. The molecule has 0 saturated carbocycles. The summed E-state index contributed by atoms with van der Waals surface area (Å²) in [5, 5.41) is 2.88. The summed E-state index contributed by atoms with van der Waals surface area (Å²) < 4.78 is 26.1. The lowest BCUT2D eigenvalue weighted by Gasteiger charge is -2.08. The number of aryl methyl sites for hydroxylation is 1. The molecule has 6 nitrogen and oxygen atoms in total. The van der Waals surface area contributed by atoms with Gasteiger partial charge in [-0.05, 0) is 62.4 Å². The standard InChI is InChI=1S/C23H22FN3O3S/c1-3-29-18-8-10-19(11-9-18)30-13-12-25-22(28)21-15(2)27-14-20(26-23(27)31-21)16-4-6-17(24)7-5-16/h4-11,14H,3,12-13H2,1-2H3,(H,25,28). The Morgan fingerprint density at radius 3 is 2.42 bits per heavy atom. The average Bonchev–Trinajstić information content (AvgIpc) is 3.32. The zero-order valence-corrected chi connectivity index (χ0v) is 18.0. The van der Waals surface area contributed by atoms with Gasteiger partial charge in [0.2, 0.25) is 0 Å². The number of aromatic nitrogens is 2. The number of rotatable bonds is 8. The van der Waals surface area contributed by atoms with Crippen LogP contribution in [0, 0.1) is 12.7 Å². The van der Waals surface area contributed by atoms with Crippen LogP contribution in [0.25, 0.3) is 16.2 Å². The summed E-state index contributed by atoms with van der Waals surface area (Å²) in [4.78, 5) is 18.5. The third kappa shape index (κ3) is 4.69. The molecule has 0 fully saturated rings. The van der Waals surface area contributed by atoms with Crippen molar-refractivity contribution in [1.29, 1.82) is 0 Å². The topological polar surface area (TPSA) is 64.9 Å². The zero-order valence-electron chi connectivity index (χ0n) is 17.2. The van der Waals surface area contributed by atoms with Crippen molar-refractivity contribution in [3.05, 3.63) is 71.1 Å². The van der Waals surface area contributed by atoms with Crippen molar-refractivity contribution in [3.8, 4) is 22.8 Å². The van der Waals surface area contributed by atoms with Crippen molar-refractivity contribution >= 4 is 22.2 Å². The number of hydrogen-bond donors (Lipinski definition) is 1. The molecule has 0 radical (unpaired) electrons. The highest BCUT2D eigenvalue weighted by Crippen LogP contribution is 2.27. The number of fused-ring (bicyclic) bond motifs is 1. The van der Waals surface area contributed by atoms with Gasteiger partial charge in [0.05, 0.1) is 18.8 Å². The maximum Gasteiger partial charge on any atom is 0.263 e. The Morgan fingerprint density at radius 1 is 1.10 bits per heavy atom. The number of nitrogens with one attached hydrogen (secondary N) is 1. The van der Waals surface area contributed by atoms with E-state index in [-0.39, 0.29) is 11.7 Å². The lowest BCUT2D eigenvalue weighted by atomic mass is 10.2. The number of amides is 1. The van der Waals surface area contributed by atoms with Crippen molar-refractivity contribution in [2.24, 2.45) is 0 Å². The number of benzene rings is 2. The van der Waals surface area contributed by atoms with Crippen LogP contribution in [0.3, 0.4) is 0 Å². The minimum absolute atomic E-state index is 0.161. The fourth-order valence-corrected chi connectivity index (χ4v) is 4.16. The van der Waals surface area contributed by atoms with Gasteiger partial charge >= 0.3 is 0 Å². The van der Waals surface area contributed by atoms with Crippen molar-refractivity contribution in [2.45, 2.75) is 13.8 Å². The molecule has 31 heavy (non-hydrogen) atoms. The van der Waals surface area contributed by atoms with Crippen LogP contribution in [-0.4, -0.2) is 35.1 Å². The second-order valence-electron chi connectivity index (χ2n) is 6.81. The molecule has 2 aromatic heterocycles. The Labute approximate surface area is 183 Å². The molecule has 0 saturated heterocycles. The lowest BCUT2D eigenvalue weighted by molar-refractivity contribution is 0.0950. The molecule has 0 aliphatic carbocycles. The van der Waals surface area contributed by atoms with Gasteiger partial charge in [0.25, 0.3) is 5.91 Å². The molecule has 1 amide bonds. The molecule has 0 aliphatic rings. The van der Waals surface area contributed by atoms with E-state index >= 15 is 0 Å². The first-order chi connectivity index (χ1) is 15.0. The summed E-state index contributed by atoms with van der Waals surface area (Å²) >= 11 is 1.32. The van der Waals surface area contributed by atoms with E-state index in [4.69, 9.17) is 9.47 Å². The average molecular weight is 440 g/mol. The Hall–Kier alpha value is -3.39. The smallest absolute Gasteiger partial charge is 0.263 e. The van der Waals surface area contributed by atoms with E-state index in [0.717, 1.165) is 28.5 Å². The molecule has 1 N–H and O–H groups in total. The van der Waals surface area contributed by atoms with Crippen molar-refractivity contribution in [3.63, 3.8) is 0 Å². The summed E-state index contributed by atoms with van der Waals surface area (Å²) in [5.74, 6) is 1.07. The molecule has 0 atom stereocenters. The quantitative estimate of drug-likeness (QED) is 0.404. The van der Waals surface area contributed by atoms with Gasteiger partial charge < -0.3 is 14.8 Å². The molecule has 160 valence electrons. The van der Waals surface area contributed by atoms with Gasteiger partial charge in [-0.1, -0.05) is 11.3 Å². The van der Waals surface area contributed by atoms with E-state index in [1.54, 1.807) is 12.1 Å². The molecule has 0 aliphatic heterocycles. The van der Waals surface area contributed by atoms with Gasteiger partial charge in [-0.15, -0.1) is 0 Å². The molecule has 0 bridgehead atoms. The van der Waals surface area contributed by atoms with E-state index in [2.05, 4.69) is 10.3 Å². The first-order valence-electron chi connectivity index (χ1n) is 9.93. The molecule has 4 aromatic rings. The SMILES string of the molecule is CCOc1ccc(OCCNC(=O)c2sc3nc(-c4ccc(F)cc4)cn3c2C)cc1. The Balaban J connectivity index is 1.35. The summed E-state index contributed by atoms with van der Waals surface area (Å²) in [7, 11) is 0. The number of ether oxygens (including phenoxy) is 2. The van der Waals surface area contributed by atoms with Gasteiger partial charge in [-0.2, -0.15) is 0 Å². The highest BCUT2D eigenvalue weighted by atomic mass is 32.1. The number of hydrogen-bond acceptors (Lipinski definition) is 5. The molecular formula is C23H22FN3O3S. The van der Waals surface area contributed by atoms with Crippen LogP contribution in [0.1, 0.15) is 22.3 Å². The van der Waals surface area contributed by atoms with Gasteiger partial charge in [0, 0.05) is 17.5 Å². The molecular weight excluding hydrogens is 417 g/mol. The summed E-state index contributed by atoms with van der Waals surface area (Å²) in [6.45, 7) is 5.17. The van der Waals surface area contributed by atoms with Crippen LogP contribution in [0.5, 0.6) is 11.5 Å². The van der Waals surface area contributed by atoms with Crippen molar-refractivity contribution < 1.29 is 18.7 Å². The van der Waals surface area contributed by atoms with E-state index in [0.29, 0.717) is 29.6 Å². The fourth-order valence-electron chi connectivity index (χ4n) is 3.13.